The molecule has 1 aromatic carbocycles. The Morgan fingerprint density at radius 2 is 1.92 bits per heavy atom. The van der Waals surface area contributed by atoms with E-state index in [2.05, 4.69) is 13.8 Å². The molecule has 0 radical (unpaired) electrons. The molecule has 1 aliphatic rings. The Balaban J connectivity index is 1.82. The van der Waals surface area contributed by atoms with Crippen LogP contribution in [-0.4, -0.2) is 28.5 Å². The summed E-state index contributed by atoms with van der Waals surface area (Å²) in [5.74, 6) is 0.312. The van der Waals surface area contributed by atoms with E-state index >= 15 is 0 Å². The highest BCUT2D eigenvalue weighted by Gasteiger charge is 2.27. The van der Waals surface area contributed by atoms with E-state index in [1.54, 1.807) is 4.57 Å². The fourth-order valence-electron chi connectivity index (χ4n) is 3.68. The van der Waals surface area contributed by atoms with Gasteiger partial charge >= 0.3 is 5.76 Å². The van der Waals surface area contributed by atoms with E-state index in [0.29, 0.717) is 31.0 Å². The maximum absolute atomic E-state index is 12.4. The summed E-state index contributed by atoms with van der Waals surface area (Å²) < 4.78 is 7.28. The van der Waals surface area contributed by atoms with Gasteiger partial charge in [0.1, 0.15) is 0 Å². The van der Waals surface area contributed by atoms with E-state index in [4.69, 9.17) is 4.42 Å². The first-order valence-corrected chi connectivity index (χ1v) is 8.77. The molecule has 0 aliphatic carbocycles. The van der Waals surface area contributed by atoms with Gasteiger partial charge in [0.05, 0.1) is 5.52 Å². The lowest BCUT2D eigenvalue weighted by Crippen LogP contribution is -2.40. The molecule has 5 heteroatoms. The van der Waals surface area contributed by atoms with Crippen molar-refractivity contribution in [2.45, 2.75) is 53.0 Å². The lowest BCUT2D eigenvalue weighted by atomic mass is 10.0. The Bertz CT molecular complexity index is 808. The monoisotopic (exact) mass is 330 g/mol. The van der Waals surface area contributed by atoms with Gasteiger partial charge in [0.2, 0.25) is 5.91 Å². The highest BCUT2D eigenvalue weighted by atomic mass is 16.4. The van der Waals surface area contributed by atoms with Gasteiger partial charge in [0.25, 0.3) is 0 Å². The van der Waals surface area contributed by atoms with Crippen LogP contribution in [0.1, 0.15) is 50.3 Å². The second-order valence-corrected chi connectivity index (χ2v) is 7.38. The summed E-state index contributed by atoms with van der Waals surface area (Å²) in [5, 5.41) is 0. The van der Waals surface area contributed by atoms with E-state index in [-0.39, 0.29) is 17.7 Å². The van der Waals surface area contributed by atoms with E-state index < -0.39 is 0 Å². The Hall–Kier alpha value is -2.04. The largest absolute Gasteiger partial charge is 0.420 e. The summed E-state index contributed by atoms with van der Waals surface area (Å²) >= 11 is 0. The summed E-state index contributed by atoms with van der Waals surface area (Å²) in [4.78, 5) is 26.5. The Morgan fingerprint density at radius 1 is 1.25 bits per heavy atom. The summed E-state index contributed by atoms with van der Waals surface area (Å²) in [5.41, 5.74) is 3.68. The minimum atomic E-state index is -0.286. The van der Waals surface area contributed by atoms with Crippen molar-refractivity contribution in [1.82, 2.24) is 9.47 Å². The number of nitrogens with zero attached hydrogens (tertiary/aromatic N) is 2. The standard InChI is InChI=1S/C19H26N2O3/c1-12(2)9-17(22)20-7-5-15(6-8-20)21-16-11-13(3)10-14(4)18(16)24-19(21)23/h10-12,15H,5-9H2,1-4H3. The van der Waals surface area contributed by atoms with Crippen molar-refractivity contribution < 1.29 is 9.21 Å². The number of carbonyl (C=O) groups is 1. The number of hydrogen-bond donors (Lipinski definition) is 0. The lowest BCUT2D eigenvalue weighted by molar-refractivity contribution is -0.133. The van der Waals surface area contributed by atoms with Gasteiger partial charge in [-0.05, 0) is 49.8 Å². The predicted molar refractivity (Wildman–Crippen MR) is 94.3 cm³/mol. The number of hydrogen-bond acceptors (Lipinski definition) is 3. The van der Waals surface area contributed by atoms with Crippen molar-refractivity contribution in [2.75, 3.05) is 13.1 Å². The van der Waals surface area contributed by atoms with Gasteiger partial charge < -0.3 is 9.32 Å². The molecule has 1 amide bonds. The Morgan fingerprint density at radius 3 is 2.54 bits per heavy atom. The lowest BCUT2D eigenvalue weighted by Gasteiger charge is -2.32. The highest BCUT2D eigenvalue weighted by molar-refractivity contribution is 5.78. The molecule has 0 saturated carbocycles. The van der Waals surface area contributed by atoms with Crippen LogP contribution in [0.3, 0.4) is 0 Å². The number of likely N-dealkylation sites (tertiary alicyclic amines) is 1. The average molecular weight is 330 g/mol. The highest BCUT2D eigenvalue weighted by Crippen LogP contribution is 2.28. The fraction of sp³-hybridized carbons (Fsp3) is 0.579. The van der Waals surface area contributed by atoms with Crippen molar-refractivity contribution in [2.24, 2.45) is 5.92 Å². The van der Waals surface area contributed by atoms with Gasteiger partial charge in [-0.15, -0.1) is 0 Å². The second kappa shape index (κ2) is 6.46. The first kappa shape index (κ1) is 16.8. The van der Waals surface area contributed by atoms with Crippen LogP contribution in [0.5, 0.6) is 0 Å². The molecule has 5 nitrogen and oxygen atoms in total. The van der Waals surface area contributed by atoms with Gasteiger partial charge in [-0.1, -0.05) is 19.9 Å². The maximum Gasteiger partial charge on any atom is 0.420 e. The smallest absolute Gasteiger partial charge is 0.407 e. The number of oxazole rings is 1. The van der Waals surface area contributed by atoms with Gasteiger partial charge in [0, 0.05) is 25.6 Å². The fourth-order valence-corrected chi connectivity index (χ4v) is 3.68. The number of benzene rings is 1. The quantitative estimate of drug-likeness (QED) is 0.866. The van der Waals surface area contributed by atoms with Crippen molar-refractivity contribution in [3.63, 3.8) is 0 Å². The molecule has 24 heavy (non-hydrogen) atoms. The third-order valence-corrected chi connectivity index (χ3v) is 4.81. The van der Waals surface area contributed by atoms with Crippen LogP contribution >= 0.6 is 0 Å². The van der Waals surface area contributed by atoms with Crippen LogP contribution in [0.2, 0.25) is 0 Å². The summed E-state index contributed by atoms with van der Waals surface area (Å²) in [7, 11) is 0. The molecule has 0 N–H and O–H groups in total. The number of aromatic nitrogens is 1. The Labute approximate surface area is 142 Å². The molecule has 1 aliphatic heterocycles. The van der Waals surface area contributed by atoms with E-state index in [1.165, 1.54) is 0 Å². The minimum Gasteiger partial charge on any atom is -0.407 e. The third kappa shape index (κ3) is 3.12. The molecule has 130 valence electrons. The number of carbonyl (C=O) groups excluding carboxylic acids is 1. The number of piperidine rings is 1. The summed E-state index contributed by atoms with van der Waals surface area (Å²) in [6.45, 7) is 9.54. The summed E-state index contributed by atoms with van der Waals surface area (Å²) in [6.07, 6.45) is 2.19. The van der Waals surface area contributed by atoms with E-state index in [0.717, 1.165) is 29.5 Å². The number of rotatable bonds is 3. The van der Waals surface area contributed by atoms with Crippen LogP contribution in [0, 0.1) is 19.8 Å². The zero-order valence-corrected chi connectivity index (χ0v) is 15.0. The number of fused-ring (bicyclic) bond motifs is 1. The third-order valence-electron chi connectivity index (χ3n) is 4.81. The maximum atomic E-state index is 12.4. The minimum absolute atomic E-state index is 0.100. The topological polar surface area (TPSA) is 55.5 Å². The van der Waals surface area contributed by atoms with E-state index in [1.807, 2.05) is 30.9 Å². The molecule has 2 aromatic rings. The molecule has 2 heterocycles. The van der Waals surface area contributed by atoms with Gasteiger partial charge in [-0.3, -0.25) is 9.36 Å². The number of amides is 1. The zero-order chi connectivity index (χ0) is 17.4. The zero-order valence-electron chi connectivity index (χ0n) is 15.0. The first-order valence-electron chi connectivity index (χ1n) is 8.77. The first-order chi connectivity index (χ1) is 11.4. The SMILES string of the molecule is Cc1cc(C)c2oc(=O)n(C3CCN(C(=O)CC(C)C)CC3)c2c1. The molecule has 3 rings (SSSR count). The molecule has 0 atom stereocenters. The van der Waals surface area contributed by atoms with Crippen molar-refractivity contribution in [1.29, 1.82) is 0 Å². The molecule has 0 spiro atoms. The molecular weight excluding hydrogens is 304 g/mol. The van der Waals surface area contributed by atoms with Crippen molar-refractivity contribution >= 4 is 17.0 Å². The van der Waals surface area contributed by atoms with Gasteiger partial charge in [-0.2, -0.15) is 0 Å². The van der Waals surface area contributed by atoms with Crippen molar-refractivity contribution in [3.05, 3.63) is 33.8 Å². The van der Waals surface area contributed by atoms with Crippen molar-refractivity contribution in [3.8, 4) is 0 Å². The van der Waals surface area contributed by atoms with E-state index in [9.17, 15) is 9.59 Å². The number of aryl methyl sites for hydroxylation is 2. The van der Waals surface area contributed by atoms with Crippen LogP contribution < -0.4 is 5.76 Å². The molecule has 0 bridgehead atoms. The van der Waals surface area contributed by atoms with Gasteiger partial charge in [-0.25, -0.2) is 4.79 Å². The van der Waals surface area contributed by atoms with Gasteiger partial charge in [0.15, 0.2) is 5.58 Å². The van der Waals surface area contributed by atoms with Crippen LogP contribution in [-0.2, 0) is 4.79 Å². The predicted octanol–water partition coefficient (Wildman–Crippen LogP) is 3.42. The van der Waals surface area contributed by atoms with Crippen LogP contribution in [0.25, 0.3) is 11.1 Å². The summed E-state index contributed by atoms with van der Waals surface area (Å²) in [6, 6.07) is 4.15. The second-order valence-electron chi connectivity index (χ2n) is 7.38. The molecule has 1 fully saturated rings. The van der Waals surface area contributed by atoms with Crippen LogP contribution in [0.15, 0.2) is 21.3 Å². The Kier molecular flexibility index (Phi) is 4.52. The molecular formula is C19H26N2O3. The average Bonchev–Trinajstić information content (AvgIpc) is 2.83. The van der Waals surface area contributed by atoms with Crippen LogP contribution in [0.4, 0.5) is 0 Å². The molecule has 1 saturated heterocycles. The normalized spacial score (nSPS) is 16.3. The molecule has 1 aromatic heterocycles. The molecule has 0 unspecified atom stereocenters.